The first kappa shape index (κ1) is 13.3. The molecule has 0 spiro atoms. The van der Waals surface area contributed by atoms with Gasteiger partial charge in [-0.2, -0.15) is 0 Å². The van der Waals surface area contributed by atoms with Crippen LogP contribution in [-0.2, 0) is 13.1 Å². The highest BCUT2D eigenvalue weighted by atomic mass is 16.5. The van der Waals surface area contributed by atoms with E-state index >= 15 is 0 Å². The summed E-state index contributed by atoms with van der Waals surface area (Å²) in [4.78, 5) is 16.1. The number of aryl methyl sites for hydroxylation is 1. The number of hydrogen-bond acceptors (Lipinski definition) is 4. The van der Waals surface area contributed by atoms with E-state index in [-0.39, 0.29) is 11.4 Å². The van der Waals surface area contributed by atoms with Gasteiger partial charge in [0.1, 0.15) is 5.75 Å². The van der Waals surface area contributed by atoms with Gasteiger partial charge in [-0.15, -0.1) is 0 Å². The second-order valence-electron chi connectivity index (χ2n) is 4.18. The van der Waals surface area contributed by atoms with Crippen LogP contribution in [-0.4, -0.2) is 9.55 Å². The summed E-state index contributed by atoms with van der Waals surface area (Å²) in [6, 6.07) is 7.32. The Morgan fingerprint density at radius 3 is 3.00 bits per heavy atom. The van der Waals surface area contributed by atoms with E-state index in [1.54, 1.807) is 29.1 Å². The number of benzene rings is 1. The lowest BCUT2D eigenvalue weighted by atomic mass is 10.2. The fourth-order valence-corrected chi connectivity index (χ4v) is 1.76. The highest BCUT2D eigenvalue weighted by Gasteiger charge is 2.07. The minimum absolute atomic E-state index is 0.0881. The summed E-state index contributed by atoms with van der Waals surface area (Å²) < 4.78 is 7.13. The summed E-state index contributed by atoms with van der Waals surface area (Å²) in [5.41, 5.74) is 6.30. The molecule has 2 rings (SSSR count). The zero-order valence-corrected chi connectivity index (χ0v) is 10.9. The molecule has 5 nitrogen and oxygen atoms in total. The van der Waals surface area contributed by atoms with E-state index < -0.39 is 0 Å². The molecule has 0 amide bonds. The van der Waals surface area contributed by atoms with Crippen LogP contribution in [0.4, 0.5) is 0 Å². The Morgan fingerprint density at radius 1 is 1.42 bits per heavy atom. The third-order valence-corrected chi connectivity index (χ3v) is 2.70. The summed E-state index contributed by atoms with van der Waals surface area (Å²) in [6.45, 7) is 3.10. The molecule has 2 N–H and O–H groups in total. The van der Waals surface area contributed by atoms with E-state index in [1.165, 1.54) is 0 Å². The normalized spacial score (nSPS) is 10.4. The van der Waals surface area contributed by atoms with E-state index in [2.05, 4.69) is 4.98 Å². The van der Waals surface area contributed by atoms with Gasteiger partial charge in [-0.05, 0) is 24.1 Å². The lowest BCUT2D eigenvalue weighted by Crippen LogP contribution is -2.21. The third kappa shape index (κ3) is 3.20. The Bertz CT molecular complexity index is 608. The van der Waals surface area contributed by atoms with Crippen molar-refractivity contribution in [2.24, 2.45) is 5.73 Å². The first-order valence-electron chi connectivity index (χ1n) is 6.27. The van der Waals surface area contributed by atoms with Gasteiger partial charge in [0.2, 0.25) is 0 Å². The van der Waals surface area contributed by atoms with Crippen molar-refractivity contribution < 1.29 is 4.74 Å². The van der Waals surface area contributed by atoms with Crippen molar-refractivity contribution >= 4 is 0 Å². The van der Waals surface area contributed by atoms with Crippen LogP contribution in [0.15, 0.2) is 41.5 Å². The van der Waals surface area contributed by atoms with Gasteiger partial charge >= 0.3 is 5.56 Å². The maximum Gasteiger partial charge on any atom is 0.313 e. The van der Waals surface area contributed by atoms with E-state index in [9.17, 15) is 4.79 Å². The Labute approximate surface area is 111 Å². The maximum atomic E-state index is 12.1. The lowest BCUT2D eigenvalue weighted by Gasteiger charge is -2.08. The first-order valence-corrected chi connectivity index (χ1v) is 6.27. The summed E-state index contributed by atoms with van der Waals surface area (Å²) >= 11 is 0. The molecule has 0 radical (unpaired) electrons. The molecule has 0 saturated heterocycles. The Hall–Kier alpha value is -2.14. The van der Waals surface area contributed by atoms with Crippen LogP contribution in [0.3, 0.4) is 0 Å². The number of nitrogens with two attached hydrogens (primary N) is 1. The average molecular weight is 259 g/mol. The van der Waals surface area contributed by atoms with Crippen LogP contribution < -0.4 is 16.0 Å². The molecule has 1 heterocycles. The molecule has 0 atom stereocenters. The molecular weight excluding hydrogens is 242 g/mol. The van der Waals surface area contributed by atoms with Gasteiger partial charge in [-0.25, -0.2) is 4.98 Å². The highest BCUT2D eigenvalue weighted by molar-refractivity contribution is 5.31. The number of aromatic nitrogens is 2. The molecule has 19 heavy (non-hydrogen) atoms. The molecule has 0 bridgehead atoms. The van der Waals surface area contributed by atoms with Gasteiger partial charge < -0.3 is 15.0 Å². The minimum Gasteiger partial charge on any atom is -0.435 e. The molecule has 1 aromatic carbocycles. The smallest absolute Gasteiger partial charge is 0.313 e. The van der Waals surface area contributed by atoms with Crippen LogP contribution in [0.5, 0.6) is 11.6 Å². The van der Waals surface area contributed by atoms with Gasteiger partial charge in [0.15, 0.2) is 0 Å². The molecule has 0 aliphatic carbocycles. The third-order valence-electron chi connectivity index (χ3n) is 2.70. The van der Waals surface area contributed by atoms with Gasteiger partial charge in [-0.1, -0.05) is 19.1 Å². The van der Waals surface area contributed by atoms with Crippen LogP contribution >= 0.6 is 0 Å². The van der Waals surface area contributed by atoms with Gasteiger partial charge in [0, 0.05) is 25.5 Å². The summed E-state index contributed by atoms with van der Waals surface area (Å²) in [5, 5.41) is 0. The van der Waals surface area contributed by atoms with Crippen LogP contribution in [0.1, 0.15) is 18.9 Å². The molecule has 0 aliphatic heterocycles. The quantitative estimate of drug-likeness (QED) is 0.890. The predicted octanol–water partition coefficient (Wildman–Crippen LogP) is 1.90. The predicted molar refractivity (Wildman–Crippen MR) is 73.2 cm³/mol. The molecule has 5 heteroatoms. The number of rotatable bonds is 5. The Balaban J connectivity index is 2.27. The zero-order valence-electron chi connectivity index (χ0n) is 10.9. The SMILES string of the molecule is CCCn1ccnc(Oc2cccc(CN)c2)c1=O. The zero-order chi connectivity index (χ0) is 13.7. The second-order valence-corrected chi connectivity index (χ2v) is 4.18. The van der Waals surface area contributed by atoms with Gasteiger partial charge in [-0.3, -0.25) is 4.79 Å². The van der Waals surface area contributed by atoms with Crippen molar-refractivity contribution in [3.63, 3.8) is 0 Å². The molecule has 1 aromatic heterocycles. The minimum atomic E-state index is -0.220. The van der Waals surface area contributed by atoms with Crippen molar-refractivity contribution in [3.8, 4) is 11.6 Å². The Morgan fingerprint density at radius 2 is 2.26 bits per heavy atom. The van der Waals surface area contributed by atoms with Crippen molar-refractivity contribution in [3.05, 3.63) is 52.6 Å². The van der Waals surface area contributed by atoms with Crippen LogP contribution in [0, 0.1) is 0 Å². The number of nitrogens with zero attached hydrogens (tertiary/aromatic N) is 2. The van der Waals surface area contributed by atoms with Crippen LogP contribution in [0.2, 0.25) is 0 Å². The summed E-state index contributed by atoms with van der Waals surface area (Å²) in [5.74, 6) is 0.659. The number of ether oxygens (including phenoxy) is 1. The van der Waals surface area contributed by atoms with Gasteiger partial charge in [0.05, 0.1) is 0 Å². The van der Waals surface area contributed by atoms with Gasteiger partial charge in [0.25, 0.3) is 5.88 Å². The standard InChI is InChI=1S/C14H17N3O2/c1-2-7-17-8-6-16-13(14(17)18)19-12-5-3-4-11(9-12)10-15/h3-6,8-9H,2,7,10,15H2,1H3. The Kier molecular flexibility index (Phi) is 4.30. The maximum absolute atomic E-state index is 12.1. The van der Waals surface area contributed by atoms with E-state index in [4.69, 9.17) is 10.5 Å². The van der Waals surface area contributed by atoms with Crippen molar-refractivity contribution in [1.82, 2.24) is 9.55 Å². The van der Waals surface area contributed by atoms with Crippen molar-refractivity contribution in [2.45, 2.75) is 26.4 Å². The van der Waals surface area contributed by atoms with E-state index in [1.807, 2.05) is 19.1 Å². The monoisotopic (exact) mass is 259 g/mol. The van der Waals surface area contributed by atoms with Crippen molar-refractivity contribution in [1.29, 1.82) is 0 Å². The molecule has 0 fully saturated rings. The molecule has 0 unspecified atom stereocenters. The number of hydrogen-bond donors (Lipinski definition) is 1. The largest absolute Gasteiger partial charge is 0.435 e. The fourth-order valence-electron chi connectivity index (χ4n) is 1.76. The summed E-state index contributed by atoms with van der Waals surface area (Å²) in [6.07, 6.45) is 4.11. The topological polar surface area (TPSA) is 70.1 Å². The molecule has 0 aliphatic rings. The average Bonchev–Trinajstić information content (AvgIpc) is 2.44. The summed E-state index contributed by atoms with van der Waals surface area (Å²) in [7, 11) is 0. The van der Waals surface area contributed by atoms with E-state index in [0.29, 0.717) is 18.8 Å². The molecular formula is C14H17N3O2. The molecule has 2 aromatic rings. The molecule has 100 valence electrons. The molecule has 0 saturated carbocycles. The fraction of sp³-hybridized carbons (Fsp3) is 0.286. The van der Waals surface area contributed by atoms with E-state index in [0.717, 1.165) is 12.0 Å². The first-order chi connectivity index (χ1) is 9.24. The second kappa shape index (κ2) is 6.15. The lowest BCUT2D eigenvalue weighted by molar-refractivity contribution is 0.443. The highest BCUT2D eigenvalue weighted by Crippen LogP contribution is 2.17. The van der Waals surface area contributed by atoms with Crippen molar-refractivity contribution in [2.75, 3.05) is 0 Å². The van der Waals surface area contributed by atoms with Crippen LogP contribution in [0.25, 0.3) is 0 Å².